The molecule has 0 atom stereocenters. The predicted molar refractivity (Wildman–Crippen MR) is 64.4 cm³/mol. The molecule has 2 nitrogen and oxygen atoms in total. The molecule has 0 aliphatic heterocycles. The highest BCUT2D eigenvalue weighted by molar-refractivity contribution is 9.10. The molecule has 0 saturated heterocycles. The van der Waals surface area contributed by atoms with Crippen LogP contribution in [-0.4, -0.2) is 11.2 Å². The fourth-order valence-corrected chi connectivity index (χ4v) is 2.63. The van der Waals surface area contributed by atoms with Gasteiger partial charge in [0.25, 0.3) is 0 Å². The lowest BCUT2D eigenvalue weighted by Crippen LogP contribution is -2.42. The Balaban J connectivity index is 2.32. The fraction of sp³-hybridized carbons (Fsp3) is 0.500. The molecule has 0 amide bonds. The van der Waals surface area contributed by atoms with Gasteiger partial charge >= 0.3 is 0 Å². The van der Waals surface area contributed by atoms with Gasteiger partial charge in [-0.2, -0.15) is 0 Å². The van der Waals surface area contributed by atoms with E-state index >= 15 is 0 Å². The second kappa shape index (κ2) is 4.43. The summed E-state index contributed by atoms with van der Waals surface area (Å²) in [6.07, 6.45) is 2.25. The smallest absolute Gasteiger partial charge is 0.128 e. The molecule has 3 N–H and O–H groups in total. The van der Waals surface area contributed by atoms with Gasteiger partial charge < -0.3 is 10.8 Å². The van der Waals surface area contributed by atoms with Gasteiger partial charge in [0.05, 0.1) is 6.10 Å². The molecule has 1 aliphatic rings. The van der Waals surface area contributed by atoms with Gasteiger partial charge in [-0.3, -0.25) is 0 Å². The third-order valence-corrected chi connectivity index (χ3v) is 3.81. The summed E-state index contributed by atoms with van der Waals surface area (Å²) in [4.78, 5) is 0. The van der Waals surface area contributed by atoms with Crippen molar-refractivity contribution in [2.24, 2.45) is 5.73 Å². The van der Waals surface area contributed by atoms with E-state index < -0.39 is 5.54 Å². The van der Waals surface area contributed by atoms with Gasteiger partial charge in [0.15, 0.2) is 0 Å². The van der Waals surface area contributed by atoms with Crippen LogP contribution in [0.1, 0.15) is 31.2 Å². The zero-order chi connectivity index (χ0) is 11.8. The molecule has 88 valence electrons. The summed E-state index contributed by atoms with van der Waals surface area (Å²) in [6, 6.07) is 4.84. The van der Waals surface area contributed by atoms with Crippen LogP contribution in [0.3, 0.4) is 0 Å². The normalized spacial score (nSPS) is 30.4. The Bertz CT molecular complexity index is 389. The number of rotatable bonds is 1. The highest BCUT2D eigenvalue weighted by Gasteiger charge is 2.34. The first kappa shape index (κ1) is 12.0. The van der Waals surface area contributed by atoms with E-state index in [9.17, 15) is 9.50 Å². The van der Waals surface area contributed by atoms with Gasteiger partial charge in [0, 0.05) is 15.6 Å². The van der Waals surface area contributed by atoms with Gasteiger partial charge in [0.1, 0.15) is 5.82 Å². The van der Waals surface area contributed by atoms with Gasteiger partial charge in [-0.15, -0.1) is 0 Å². The first-order valence-corrected chi connectivity index (χ1v) is 6.23. The Labute approximate surface area is 103 Å². The molecule has 4 heteroatoms. The van der Waals surface area contributed by atoms with Crippen molar-refractivity contribution in [2.75, 3.05) is 0 Å². The maximum absolute atomic E-state index is 13.7. The van der Waals surface area contributed by atoms with Crippen LogP contribution in [0.5, 0.6) is 0 Å². The van der Waals surface area contributed by atoms with Crippen LogP contribution < -0.4 is 5.73 Å². The van der Waals surface area contributed by atoms with Crippen molar-refractivity contribution in [2.45, 2.75) is 37.3 Å². The molecule has 0 spiro atoms. The summed E-state index contributed by atoms with van der Waals surface area (Å²) in [7, 11) is 0. The SMILES string of the molecule is NC1(c2cc(Br)ccc2F)CCC(O)CC1. The largest absolute Gasteiger partial charge is 0.393 e. The highest BCUT2D eigenvalue weighted by atomic mass is 79.9. The van der Waals surface area contributed by atoms with Crippen LogP contribution in [0.15, 0.2) is 22.7 Å². The zero-order valence-corrected chi connectivity index (χ0v) is 10.5. The quantitative estimate of drug-likeness (QED) is 0.834. The Morgan fingerprint density at radius 2 is 2.00 bits per heavy atom. The van der Waals surface area contributed by atoms with Crippen molar-refractivity contribution in [1.82, 2.24) is 0 Å². The molecule has 0 unspecified atom stereocenters. The Kier molecular flexibility index (Phi) is 3.33. The Hall–Kier alpha value is -0.450. The molecule has 1 fully saturated rings. The summed E-state index contributed by atoms with van der Waals surface area (Å²) in [6.45, 7) is 0. The standard InChI is InChI=1S/C12H15BrFNO/c13-8-1-2-11(14)10(7-8)12(15)5-3-9(16)4-6-12/h1-2,7,9,16H,3-6,15H2. The minimum absolute atomic E-state index is 0.262. The summed E-state index contributed by atoms with van der Waals surface area (Å²) in [5.41, 5.74) is 6.16. The third-order valence-electron chi connectivity index (χ3n) is 3.31. The molecule has 0 bridgehead atoms. The molecule has 0 heterocycles. The zero-order valence-electron chi connectivity index (χ0n) is 8.92. The Morgan fingerprint density at radius 3 is 2.62 bits per heavy atom. The van der Waals surface area contributed by atoms with E-state index in [1.165, 1.54) is 6.07 Å². The summed E-state index contributed by atoms with van der Waals surface area (Å²) < 4.78 is 14.6. The van der Waals surface area contributed by atoms with Gasteiger partial charge in [-0.1, -0.05) is 15.9 Å². The lowest BCUT2D eigenvalue weighted by Gasteiger charge is -2.36. The van der Waals surface area contributed by atoms with E-state index in [0.29, 0.717) is 31.2 Å². The van der Waals surface area contributed by atoms with E-state index in [1.807, 2.05) is 0 Å². The average Bonchev–Trinajstić information content (AvgIpc) is 2.26. The number of nitrogens with two attached hydrogens (primary N) is 1. The van der Waals surface area contributed by atoms with Gasteiger partial charge in [0.2, 0.25) is 0 Å². The number of hydrogen-bond donors (Lipinski definition) is 2. The number of aliphatic hydroxyl groups is 1. The molecule has 1 saturated carbocycles. The predicted octanol–water partition coefficient (Wildman–Crippen LogP) is 2.68. The molecule has 1 aromatic carbocycles. The third kappa shape index (κ3) is 2.29. The molecular formula is C12H15BrFNO. The molecule has 16 heavy (non-hydrogen) atoms. The highest BCUT2D eigenvalue weighted by Crippen LogP contribution is 2.37. The van der Waals surface area contributed by atoms with Gasteiger partial charge in [-0.25, -0.2) is 4.39 Å². The summed E-state index contributed by atoms with van der Waals surface area (Å²) >= 11 is 3.33. The minimum Gasteiger partial charge on any atom is -0.393 e. The van der Waals surface area contributed by atoms with Crippen molar-refractivity contribution in [3.8, 4) is 0 Å². The molecule has 0 radical (unpaired) electrons. The van der Waals surface area contributed by atoms with E-state index in [-0.39, 0.29) is 11.9 Å². The molecule has 2 rings (SSSR count). The lowest BCUT2D eigenvalue weighted by atomic mass is 9.76. The van der Waals surface area contributed by atoms with E-state index in [0.717, 1.165) is 4.47 Å². The molecule has 0 aromatic heterocycles. The van der Waals surface area contributed by atoms with Crippen LogP contribution >= 0.6 is 15.9 Å². The maximum Gasteiger partial charge on any atom is 0.128 e. The van der Waals surface area contributed by atoms with Crippen LogP contribution in [-0.2, 0) is 5.54 Å². The average molecular weight is 288 g/mol. The van der Waals surface area contributed by atoms with Crippen molar-refractivity contribution in [3.05, 3.63) is 34.1 Å². The first-order chi connectivity index (χ1) is 7.51. The number of aliphatic hydroxyl groups excluding tert-OH is 1. The van der Waals surface area contributed by atoms with Crippen molar-refractivity contribution < 1.29 is 9.50 Å². The van der Waals surface area contributed by atoms with Crippen LogP contribution in [0.25, 0.3) is 0 Å². The summed E-state index contributed by atoms with van der Waals surface area (Å²) in [5, 5.41) is 9.45. The number of hydrogen-bond acceptors (Lipinski definition) is 2. The Morgan fingerprint density at radius 1 is 1.38 bits per heavy atom. The van der Waals surface area contributed by atoms with Crippen LogP contribution in [0, 0.1) is 5.82 Å². The van der Waals surface area contributed by atoms with Crippen LogP contribution in [0.2, 0.25) is 0 Å². The van der Waals surface area contributed by atoms with E-state index in [1.54, 1.807) is 12.1 Å². The van der Waals surface area contributed by atoms with Crippen molar-refractivity contribution in [3.63, 3.8) is 0 Å². The summed E-state index contributed by atoms with van der Waals surface area (Å²) in [5.74, 6) is -0.262. The second-order valence-electron chi connectivity index (χ2n) is 4.51. The topological polar surface area (TPSA) is 46.2 Å². The second-order valence-corrected chi connectivity index (χ2v) is 5.43. The van der Waals surface area contributed by atoms with E-state index in [4.69, 9.17) is 5.73 Å². The minimum atomic E-state index is -0.632. The van der Waals surface area contributed by atoms with Crippen LogP contribution in [0.4, 0.5) is 4.39 Å². The monoisotopic (exact) mass is 287 g/mol. The number of halogens is 2. The van der Waals surface area contributed by atoms with E-state index in [2.05, 4.69) is 15.9 Å². The lowest BCUT2D eigenvalue weighted by molar-refractivity contribution is 0.0957. The number of benzene rings is 1. The van der Waals surface area contributed by atoms with Crippen molar-refractivity contribution >= 4 is 15.9 Å². The van der Waals surface area contributed by atoms with Crippen molar-refractivity contribution in [1.29, 1.82) is 0 Å². The van der Waals surface area contributed by atoms with Gasteiger partial charge in [-0.05, 0) is 43.9 Å². The molecule has 1 aliphatic carbocycles. The molecule has 1 aromatic rings. The first-order valence-electron chi connectivity index (χ1n) is 5.44. The molecular weight excluding hydrogens is 273 g/mol. The maximum atomic E-state index is 13.7. The fourth-order valence-electron chi connectivity index (χ4n) is 2.27.